The molecule has 0 unspecified atom stereocenters. The van der Waals surface area contributed by atoms with Crippen molar-refractivity contribution >= 4 is 23.4 Å². The Hall–Kier alpha value is -1.14. The molecule has 0 saturated carbocycles. The molecule has 0 aliphatic carbocycles. The molecule has 7 heteroatoms. The van der Waals surface area contributed by atoms with Crippen LogP contribution in [0, 0.1) is 0 Å². The summed E-state index contributed by atoms with van der Waals surface area (Å²) in [5.74, 6) is 2.37. The summed E-state index contributed by atoms with van der Waals surface area (Å²) in [5, 5.41) is 5.48. The summed E-state index contributed by atoms with van der Waals surface area (Å²) < 4.78 is 1.74. The van der Waals surface area contributed by atoms with Gasteiger partial charge in [0.1, 0.15) is 11.0 Å². The van der Waals surface area contributed by atoms with E-state index in [0.29, 0.717) is 16.1 Å². The van der Waals surface area contributed by atoms with Crippen molar-refractivity contribution in [3.8, 4) is 5.82 Å². The Kier molecular flexibility index (Phi) is 4.19. The van der Waals surface area contributed by atoms with Crippen LogP contribution in [0.15, 0.2) is 11.2 Å². The highest BCUT2D eigenvalue weighted by molar-refractivity contribution is 7.98. The first kappa shape index (κ1) is 13.3. The van der Waals surface area contributed by atoms with Gasteiger partial charge < -0.3 is 0 Å². The fourth-order valence-corrected chi connectivity index (χ4v) is 2.14. The number of aryl methyl sites for hydroxylation is 2. The van der Waals surface area contributed by atoms with Crippen LogP contribution in [0.4, 0.5) is 0 Å². The number of nitrogens with zero attached hydrogens (tertiary/aromatic N) is 5. The summed E-state index contributed by atoms with van der Waals surface area (Å²) in [7, 11) is 0. The fourth-order valence-electron chi connectivity index (χ4n) is 1.54. The Morgan fingerprint density at radius 2 is 2.00 bits per heavy atom. The van der Waals surface area contributed by atoms with E-state index in [1.165, 1.54) is 11.8 Å². The molecule has 2 heterocycles. The number of hydrogen-bond donors (Lipinski definition) is 0. The maximum atomic E-state index is 5.99. The summed E-state index contributed by atoms with van der Waals surface area (Å²) in [6.07, 6.45) is 3.51. The SMILES string of the molecule is CCc1nc(CC)n(-c2cc(Cl)nc(SC)n2)n1. The number of aromatic nitrogens is 5. The van der Waals surface area contributed by atoms with Crippen molar-refractivity contribution in [1.82, 2.24) is 24.7 Å². The van der Waals surface area contributed by atoms with E-state index in [4.69, 9.17) is 11.6 Å². The van der Waals surface area contributed by atoms with Gasteiger partial charge in [0.15, 0.2) is 16.8 Å². The predicted octanol–water partition coefficient (Wildman–Crippen LogP) is 2.56. The van der Waals surface area contributed by atoms with Crippen molar-refractivity contribution in [2.45, 2.75) is 31.8 Å². The zero-order valence-corrected chi connectivity index (χ0v) is 12.1. The highest BCUT2D eigenvalue weighted by Gasteiger charge is 2.12. The second kappa shape index (κ2) is 5.67. The maximum Gasteiger partial charge on any atom is 0.190 e. The van der Waals surface area contributed by atoms with Crippen molar-refractivity contribution in [3.63, 3.8) is 0 Å². The molecule has 2 rings (SSSR count). The lowest BCUT2D eigenvalue weighted by Gasteiger charge is -2.05. The zero-order chi connectivity index (χ0) is 13.1. The van der Waals surface area contributed by atoms with Crippen molar-refractivity contribution in [3.05, 3.63) is 22.9 Å². The highest BCUT2D eigenvalue weighted by atomic mass is 35.5. The summed E-state index contributed by atoms with van der Waals surface area (Å²) in [5.41, 5.74) is 0. The van der Waals surface area contributed by atoms with Crippen LogP contribution in [0.1, 0.15) is 25.5 Å². The number of hydrogen-bond acceptors (Lipinski definition) is 5. The smallest absolute Gasteiger partial charge is 0.190 e. The number of thioether (sulfide) groups is 1. The van der Waals surface area contributed by atoms with Crippen LogP contribution >= 0.6 is 23.4 Å². The van der Waals surface area contributed by atoms with Gasteiger partial charge in [0.05, 0.1) is 0 Å². The minimum atomic E-state index is 0.417. The van der Waals surface area contributed by atoms with Gasteiger partial charge in [-0.05, 0) is 6.26 Å². The molecular weight excluding hydrogens is 270 g/mol. The lowest BCUT2D eigenvalue weighted by Crippen LogP contribution is -2.06. The third-order valence-electron chi connectivity index (χ3n) is 2.41. The van der Waals surface area contributed by atoms with Crippen LogP contribution in [0.2, 0.25) is 5.15 Å². The Labute approximate surface area is 115 Å². The Bertz CT molecular complexity index is 554. The summed E-state index contributed by atoms with van der Waals surface area (Å²) in [6.45, 7) is 4.07. The molecule has 18 heavy (non-hydrogen) atoms. The third-order valence-corrected chi connectivity index (χ3v) is 3.15. The molecule has 0 aliphatic heterocycles. The van der Waals surface area contributed by atoms with Crippen LogP contribution in [-0.4, -0.2) is 31.0 Å². The second-order valence-electron chi connectivity index (χ2n) is 3.60. The fraction of sp³-hybridized carbons (Fsp3) is 0.455. The molecule has 0 aliphatic rings. The molecule has 0 bridgehead atoms. The van der Waals surface area contributed by atoms with Crippen molar-refractivity contribution in [1.29, 1.82) is 0 Å². The maximum absolute atomic E-state index is 5.99. The molecule has 2 aromatic rings. The quantitative estimate of drug-likeness (QED) is 0.490. The van der Waals surface area contributed by atoms with Crippen LogP contribution in [0.5, 0.6) is 0 Å². The van der Waals surface area contributed by atoms with Crippen molar-refractivity contribution < 1.29 is 0 Å². The van der Waals surface area contributed by atoms with Gasteiger partial charge in [0, 0.05) is 18.9 Å². The molecular formula is C11H14ClN5S. The topological polar surface area (TPSA) is 56.5 Å². The lowest BCUT2D eigenvalue weighted by atomic mass is 10.4. The standard InChI is InChI=1S/C11H14ClN5S/c1-4-8-14-9(5-2)17(16-8)10-6-7(12)13-11(15-10)18-3/h6H,4-5H2,1-3H3. The van der Waals surface area contributed by atoms with E-state index in [2.05, 4.69) is 20.1 Å². The summed E-state index contributed by atoms with van der Waals surface area (Å²) in [4.78, 5) is 13.0. The van der Waals surface area contributed by atoms with Crippen molar-refractivity contribution in [2.24, 2.45) is 0 Å². The molecule has 0 fully saturated rings. The van der Waals surface area contributed by atoms with Gasteiger partial charge in [-0.1, -0.05) is 37.2 Å². The summed E-state index contributed by atoms with van der Waals surface area (Å²) >= 11 is 7.44. The molecule has 0 amide bonds. The first-order valence-corrected chi connectivity index (χ1v) is 7.32. The number of halogens is 1. The van der Waals surface area contributed by atoms with Crippen LogP contribution < -0.4 is 0 Å². The van der Waals surface area contributed by atoms with E-state index in [9.17, 15) is 0 Å². The molecule has 0 aromatic carbocycles. The van der Waals surface area contributed by atoms with Crippen LogP contribution in [0.3, 0.4) is 0 Å². The minimum absolute atomic E-state index is 0.417. The second-order valence-corrected chi connectivity index (χ2v) is 4.76. The number of rotatable bonds is 4. The monoisotopic (exact) mass is 283 g/mol. The minimum Gasteiger partial charge on any atom is -0.216 e. The predicted molar refractivity (Wildman–Crippen MR) is 72.5 cm³/mol. The first-order chi connectivity index (χ1) is 8.67. The van der Waals surface area contributed by atoms with E-state index >= 15 is 0 Å². The molecule has 2 aromatic heterocycles. The normalized spacial score (nSPS) is 10.9. The van der Waals surface area contributed by atoms with E-state index in [1.807, 2.05) is 20.1 Å². The van der Waals surface area contributed by atoms with E-state index in [1.54, 1.807) is 10.7 Å². The van der Waals surface area contributed by atoms with Crippen molar-refractivity contribution in [2.75, 3.05) is 6.26 Å². The molecule has 5 nitrogen and oxygen atoms in total. The summed E-state index contributed by atoms with van der Waals surface area (Å²) in [6, 6.07) is 1.70. The van der Waals surface area contributed by atoms with Gasteiger partial charge in [-0.15, -0.1) is 5.10 Å². The molecule has 0 atom stereocenters. The van der Waals surface area contributed by atoms with Crippen LogP contribution in [0.25, 0.3) is 5.82 Å². The van der Waals surface area contributed by atoms with Gasteiger partial charge in [-0.25, -0.2) is 15.0 Å². The van der Waals surface area contributed by atoms with E-state index in [-0.39, 0.29) is 0 Å². The molecule has 96 valence electrons. The Morgan fingerprint density at radius 1 is 1.22 bits per heavy atom. The average molecular weight is 284 g/mol. The van der Waals surface area contributed by atoms with Gasteiger partial charge >= 0.3 is 0 Å². The Balaban J connectivity index is 2.53. The largest absolute Gasteiger partial charge is 0.216 e. The van der Waals surface area contributed by atoms with Gasteiger partial charge in [0.25, 0.3) is 0 Å². The first-order valence-electron chi connectivity index (χ1n) is 5.71. The van der Waals surface area contributed by atoms with Gasteiger partial charge in [-0.2, -0.15) is 4.68 Å². The van der Waals surface area contributed by atoms with E-state index < -0.39 is 0 Å². The van der Waals surface area contributed by atoms with E-state index in [0.717, 1.165) is 24.5 Å². The molecule has 0 radical (unpaired) electrons. The third kappa shape index (κ3) is 2.64. The van der Waals surface area contributed by atoms with Crippen LogP contribution in [-0.2, 0) is 12.8 Å². The zero-order valence-electron chi connectivity index (χ0n) is 10.5. The molecule has 0 saturated heterocycles. The van der Waals surface area contributed by atoms with Gasteiger partial charge in [0.2, 0.25) is 0 Å². The average Bonchev–Trinajstić information content (AvgIpc) is 2.81. The lowest BCUT2D eigenvalue weighted by molar-refractivity contribution is 0.748. The Morgan fingerprint density at radius 3 is 2.61 bits per heavy atom. The highest BCUT2D eigenvalue weighted by Crippen LogP contribution is 2.17. The molecule has 0 spiro atoms. The van der Waals surface area contributed by atoms with Gasteiger partial charge in [-0.3, -0.25) is 0 Å². The molecule has 0 N–H and O–H groups in total.